The number of rotatable bonds is 4. The van der Waals surface area contributed by atoms with Crippen molar-refractivity contribution >= 4 is 39.9 Å². The minimum absolute atomic E-state index is 0.0798. The smallest absolute Gasteiger partial charge is 0.423 e. The lowest BCUT2D eigenvalue weighted by Gasteiger charge is -2.00. The number of aromatic nitrogens is 2. The number of halogens is 1. The van der Waals surface area contributed by atoms with Gasteiger partial charge in [0.25, 0.3) is 11.4 Å². The molecule has 34 heavy (non-hydrogen) atoms. The van der Waals surface area contributed by atoms with Crippen molar-refractivity contribution in [2.24, 2.45) is 0 Å². The Kier molecular flexibility index (Phi) is 10.4. The molecular formula is C22H18BBrN4O6. The fraction of sp³-hybridized carbons (Fsp3) is 0. The Bertz CT molecular complexity index is 1220. The van der Waals surface area contributed by atoms with Crippen LogP contribution in [-0.4, -0.2) is 37.0 Å². The molecule has 0 spiro atoms. The molecule has 2 aromatic heterocycles. The van der Waals surface area contributed by atoms with Gasteiger partial charge in [-0.2, -0.15) is 0 Å². The van der Waals surface area contributed by atoms with E-state index in [1.165, 1.54) is 30.3 Å². The van der Waals surface area contributed by atoms with E-state index in [1.807, 2.05) is 18.2 Å². The van der Waals surface area contributed by atoms with Gasteiger partial charge in [0.15, 0.2) is 0 Å². The molecule has 0 amide bonds. The van der Waals surface area contributed by atoms with Crippen LogP contribution in [-0.2, 0) is 0 Å². The van der Waals surface area contributed by atoms with Crippen molar-refractivity contribution in [3.63, 3.8) is 0 Å². The molecule has 4 aromatic rings. The van der Waals surface area contributed by atoms with E-state index in [0.717, 1.165) is 4.60 Å². The molecule has 0 aliphatic heterocycles. The summed E-state index contributed by atoms with van der Waals surface area (Å²) in [7, 11) is -1.80. The highest BCUT2D eigenvalue weighted by atomic mass is 79.9. The van der Waals surface area contributed by atoms with Gasteiger partial charge in [0, 0.05) is 24.5 Å². The molecule has 0 fully saturated rings. The van der Waals surface area contributed by atoms with E-state index < -0.39 is 17.0 Å². The zero-order valence-electron chi connectivity index (χ0n) is 17.5. The summed E-state index contributed by atoms with van der Waals surface area (Å²) in [5.74, 6) is 0. The molecule has 0 unspecified atom stereocenters. The molecule has 0 aliphatic carbocycles. The molecule has 0 saturated heterocycles. The Balaban J connectivity index is 0.000000192. The Morgan fingerprint density at radius 1 is 0.706 bits per heavy atom. The molecule has 2 heterocycles. The first-order valence-electron chi connectivity index (χ1n) is 9.62. The highest BCUT2D eigenvalue weighted by Crippen LogP contribution is 2.27. The highest BCUT2D eigenvalue weighted by Gasteiger charge is 2.22. The van der Waals surface area contributed by atoms with Crippen molar-refractivity contribution in [2.75, 3.05) is 0 Å². The number of nitrogens with zero attached hydrogens (tertiary/aromatic N) is 4. The van der Waals surface area contributed by atoms with Crippen LogP contribution >= 0.6 is 15.9 Å². The predicted molar refractivity (Wildman–Crippen MR) is 131 cm³/mol. The maximum atomic E-state index is 10.8. The first kappa shape index (κ1) is 26.3. The SMILES string of the molecule is Brc1ccccn1.O=[N+]([O-])c1ccccc1-c1ccccn1.O=[N+]([O-])c1ccccc1B(O)O. The molecule has 2 N–H and O–H groups in total. The van der Waals surface area contributed by atoms with E-state index in [4.69, 9.17) is 10.0 Å². The van der Waals surface area contributed by atoms with Crippen LogP contribution in [0.1, 0.15) is 0 Å². The van der Waals surface area contributed by atoms with Gasteiger partial charge in [0.05, 0.1) is 26.6 Å². The third kappa shape index (κ3) is 8.17. The molecule has 0 aliphatic rings. The van der Waals surface area contributed by atoms with Crippen LogP contribution < -0.4 is 5.46 Å². The molecule has 0 saturated carbocycles. The number of nitro groups is 2. The number of pyridine rings is 2. The van der Waals surface area contributed by atoms with E-state index in [0.29, 0.717) is 11.3 Å². The average Bonchev–Trinajstić information content (AvgIpc) is 2.86. The van der Waals surface area contributed by atoms with Gasteiger partial charge >= 0.3 is 7.12 Å². The summed E-state index contributed by atoms with van der Waals surface area (Å²) < 4.78 is 0.884. The predicted octanol–water partition coefficient (Wildman–Crippen LogP) is 3.78. The molecule has 10 nitrogen and oxygen atoms in total. The molecule has 12 heteroatoms. The molecule has 4 rings (SSSR count). The summed E-state index contributed by atoms with van der Waals surface area (Å²) in [4.78, 5) is 28.0. The van der Waals surface area contributed by atoms with Crippen LogP contribution in [0.25, 0.3) is 11.3 Å². The van der Waals surface area contributed by atoms with Gasteiger partial charge < -0.3 is 10.0 Å². The van der Waals surface area contributed by atoms with E-state index in [-0.39, 0.29) is 16.8 Å². The zero-order chi connectivity index (χ0) is 24.9. The second-order valence-electron chi connectivity index (χ2n) is 6.33. The monoisotopic (exact) mass is 524 g/mol. The third-order valence-corrected chi connectivity index (χ3v) is 4.55. The summed E-state index contributed by atoms with van der Waals surface area (Å²) in [6.45, 7) is 0. The van der Waals surface area contributed by atoms with Gasteiger partial charge in [-0.1, -0.05) is 42.5 Å². The summed E-state index contributed by atoms with van der Waals surface area (Å²) in [6.07, 6.45) is 3.36. The van der Waals surface area contributed by atoms with Gasteiger partial charge in [0.2, 0.25) is 0 Å². The summed E-state index contributed by atoms with van der Waals surface area (Å²) in [5, 5.41) is 38.5. The first-order valence-corrected chi connectivity index (χ1v) is 10.4. The van der Waals surface area contributed by atoms with Crippen LogP contribution in [0.3, 0.4) is 0 Å². The fourth-order valence-corrected chi connectivity index (χ4v) is 2.86. The van der Waals surface area contributed by atoms with Crippen molar-refractivity contribution in [3.8, 4) is 11.3 Å². The molecular weight excluding hydrogens is 507 g/mol. The molecule has 0 radical (unpaired) electrons. The molecule has 172 valence electrons. The summed E-state index contributed by atoms with van der Waals surface area (Å²) >= 11 is 3.20. The average molecular weight is 525 g/mol. The van der Waals surface area contributed by atoms with E-state index in [2.05, 4.69) is 25.9 Å². The van der Waals surface area contributed by atoms with E-state index in [1.54, 1.807) is 48.8 Å². The maximum absolute atomic E-state index is 10.8. The number of benzene rings is 2. The lowest BCUT2D eigenvalue weighted by atomic mass is 9.79. The first-order chi connectivity index (χ1) is 16.3. The van der Waals surface area contributed by atoms with Gasteiger partial charge in [-0.3, -0.25) is 25.2 Å². The zero-order valence-corrected chi connectivity index (χ0v) is 19.1. The van der Waals surface area contributed by atoms with Crippen LogP contribution in [0, 0.1) is 20.2 Å². The fourth-order valence-electron chi connectivity index (χ4n) is 2.59. The Morgan fingerprint density at radius 2 is 1.24 bits per heavy atom. The topological polar surface area (TPSA) is 153 Å². The third-order valence-electron chi connectivity index (χ3n) is 4.08. The number of nitro benzene ring substituents is 2. The summed E-state index contributed by atoms with van der Waals surface area (Å²) in [5.41, 5.74) is 0.860. The van der Waals surface area contributed by atoms with Gasteiger partial charge in [-0.25, -0.2) is 4.98 Å². The lowest BCUT2D eigenvalue weighted by molar-refractivity contribution is -0.384. The second kappa shape index (κ2) is 13.5. The van der Waals surface area contributed by atoms with Crippen LogP contribution in [0.5, 0.6) is 0 Å². The number of para-hydroxylation sites is 2. The van der Waals surface area contributed by atoms with Gasteiger partial charge in [-0.05, 0) is 46.3 Å². The highest BCUT2D eigenvalue weighted by molar-refractivity contribution is 9.10. The Hall–Kier alpha value is -4.00. The van der Waals surface area contributed by atoms with Gasteiger partial charge in [-0.15, -0.1) is 0 Å². The lowest BCUT2D eigenvalue weighted by Crippen LogP contribution is -2.31. The van der Waals surface area contributed by atoms with Crippen molar-refractivity contribution in [1.82, 2.24) is 9.97 Å². The van der Waals surface area contributed by atoms with E-state index in [9.17, 15) is 20.2 Å². The molecule has 2 aromatic carbocycles. The quantitative estimate of drug-likeness (QED) is 0.177. The normalized spacial score (nSPS) is 9.50. The largest absolute Gasteiger partial charge is 0.495 e. The second-order valence-corrected chi connectivity index (χ2v) is 7.14. The molecule has 0 bridgehead atoms. The number of hydrogen-bond donors (Lipinski definition) is 2. The summed E-state index contributed by atoms with van der Waals surface area (Å²) in [6, 6.07) is 23.1. The van der Waals surface area contributed by atoms with Crippen LogP contribution in [0.15, 0.2) is 102 Å². The number of hydrogen-bond acceptors (Lipinski definition) is 8. The minimum atomic E-state index is -1.80. The van der Waals surface area contributed by atoms with Crippen molar-refractivity contribution < 1.29 is 19.9 Å². The van der Waals surface area contributed by atoms with Crippen LogP contribution in [0.2, 0.25) is 0 Å². The maximum Gasteiger partial charge on any atom is 0.495 e. The van der Waals surface area contributed by atoms with Crippen molar-refractivity contribution in [2.45, 2.75) is 0 Å². The van der Waals surface area contributed by atoms with E-state index >= 15 is 0 Å². The van der Waals surface area contributed by atoms with Crippen molar-refractivity contribution in [3.05, 3.63) is 122 Å². The van der Waals surface area contributed by atoms with Gasteiger partial charge in [0.1, 0.15) is 4.60 Å². The minimum Gasteiger partial charge on any atom is -0.423 e. The van der Waals surface area contributed by atoms with Crippen LogP contribution in [0.4, 0.5) is 11.4 Å². The van der Waals surface area contributed by atoms with Crippen molar-refractivity contribution in [1.29, 1.82) is 0 Å². The Morgan fingerprint density at radius 3 is 1.68 bits per heavy atom. The molecule has 0 atom stereocenters. The Labute approximate surface area is 203 Å². The standard InChI is InChI=1S/C11H8N2O2.C6H6BNO4.C5H4BrN/c14-13(15)11-7-2-1-5-9(11)10-6-3-4-8-12-10;9-7(10)5-3-1-2-4-6(5)8(11)12;6-5-3-1-2-4-7-5/h1-8H;1-4,9-10H;1-4H.